The van der Waals surface area contributed by atoms with Crippen molar-refractivity contribution in [1.82, 2.24) is 0 Å². The largest absolute Gasteiger partial charge is 0.493 e. The summed E-state index contributed by atoms with van der Waals surface area (Å²) in [6.45, 7) is 4.50. The summed E-state index contributed by atoms with van der Waals surface area (Å²) in [7, 11) is 4.67. The molecule has 1 saturated carbocycles. The molecule has 0 amide bonds. The first-order valence-electron chi connectivity index (χ1n) is 9.31. The Morgan fingerprint density at radius 3 is 2.29 bits per heavy atom. The van der Waals surface area contributed by atoms with Crippen molar-refractivity contribution in [3.63, 3.8) is 0 Å². The number of benzene rings is 1. The van der Waals surface area contributed by atoms with Crippen molar-refractivity contribution in [2.45, 2.75) is 20.3 Å². The Labute approximate surface area is 166 Å². The summed E-state index contributed by atoms with van der Waals surface area (Å²) >= 11 is 0. The van der Waals surface area contributed by atoms with E-state index in [1.807, 2.05) is 24.3 Å². The minimum atomic E-state index is 0.0355. The number of allylic oxidation sites excluding steroid dienone is 3. The van der Waals surface area contributed by atoms with Crippen LogP contribution in [-0.4, -0.2) is 40.7 Å². The summed E-state index contributed by atoms with van der Waals surface area (Å²) in [6, 6.07) is 3.71. The molecule has 2 bridgehead atoms. The van der Waals surface area contributed by atoms with Gasteiger partial charge in [-0.3, -0.25) is 4.79 Å². The first-order valence-corrected chi connectivity index (χ1v) is 9.31. The van der Waals surface area contributed by atoms with Gasteiger partial charge in [0, 0.05) is 20.1 Å². The van der Waals surface area contributed by atoms with E-state index >= 15 is 0 Å². The first-order chi connectivity index (χ1) is 13.4. The second-order valence-electron chi connectivity index (χ2n) is 7.69. The van der Waals surface area contributed by atoms with Gasteiger partial charge >= 0.3 is 0 Å². The fourth-order valence-electron chi connectivity index (χ4n) is 4.03. The van der Waals surface area contributed by atoms with Crippen molar-refractivity contribution in [2.24, 2.45) is 17.3 Å². The Balaban J connectivity index is 1.89. The number of fused-ring (bicyclic) bond motifs is 1. The van der Waals surface area contributed by atoms with Crippen LogP contribution in [0, 0.1) is 17.3 Å². The zero-order chi connectivity index (χ0) is 20.3. The van der Waals surface area contributed by atoms with E-state index in [1.54, 1.807) is 27.4 Å². The molecule has 1 fully saturated rings. The average molecular weight is 388 g/mol. The molecule has 0 unspecified atom stereocenters. The summed E-state index contributed by atoms with van der Waals surface area (Å²) < 4.78 is 26.7. The van der Waals surface area contributed by atoms with Gasteiger partial charge in [-0.1, -0.05) is 26.0 Å². The Bertz CT molecular complexity index is 792. The smallest absolute Gasteiger partial charge is 0.206 e. The minimum Gasteiger partial charge on any atom is -0.493 e. The molecule has 1 aromatic carbocycles. The zero-order valence-corrected chi connectivity index (χ0v) is 17.1. The zero-order valence-electron chi connectivity index (χ0n) is 17.1. The van der Waals surface area contributed by atoms with E-state index in [4.69, 9.17) is 23.7 Å². The number of methoxy groups -OCH3 is 3. The van der Waals surface area contributed by atoms with Crippen molar-refractivity contribution in [3.05, 3.63) is 35.4 Å². The van der Waals surface area contributed by atoms with Gasteiger partial charge < -0.3 is 23.7 Å². The van der Waals surface area contributed by atoms with E-state index in [0.29, 0.717) is 23.2 Å². The van der Waals surface area contributed by atoms with Gasteiger partial charge in [-0.15, -0.1) is 0 Å². The number of ketones is 1. The number of carbonyl (C=O) groups excluding carboxylic acids is 1. The van der Waals surface area contributed by atoms with E-state index in [-0.39, 0.29) is 30.7 Å². The lowest BCUT2D eigenvalue weighted by Gasteiger charge is -2.54. The van der Waals surface area contributed by atoms with Crippen LogP contribution in [0.25, 0.3) is 6.08 Å². The van der Waals surface area contributed by atoms with Crippen molar-refractivity contribution in [1.29, 1.82) is 0 Å². The summed E-state index contributed by atoms with van der Waals surface area (Å²) in [5.41, 5.74) is 1.99. The molecule has 0 aromatic heterocycles. The topological polar surface area (TPSA) is 63.2 Å². The maximum Gasteiger partial charge on any atom is 0.206 e. The van der Waals surface area contributed by atoms with E-state index in [2.05, 4.69) is 13.8 Å². The maximum atomic E-state index is 12.3. The molecule has 0 N–H and O–H groups in total. The van der Waals surface area contributed by atoms with Crippen LogP contribution < -0.4 is 14.2 Å². The molecule has 3 aliphatic rings. The van der Waals surface area contributed by atoms with Crippen LogP contribution in [-0.2, 0) is 14.3 Å². The fraction of sp³-hybridized carbons (Fsp3) is 0.500. The van der Waals surface area contributed by atoms with Crippen molar-refractivity contribution in [3.8, 4) is 17.2 Å². The van der Waals surface area contributed by atoms with Crippen molar-refractivity contribution >= 4 is 11.9 Å². The van der Waals surface area contributed by atoms with E-state index in [9.17, 15) is 4.79 Å². The Morgan fingerprint density at radius 1 is 1.00 bits per heavy atom. The number of hydrogen-bond acceptors (Lipinski definition) is 6. The van der Waals surface area contributed by atoms with E-state index in [1.165, 1.54) is 0 Å². The van der Waals surface area contributed by atoms with Gasteiger partial charge in [0.25, 0.3) is 0 Å². The summed E-state index contributed by atoms with van der Waals surface area (Å²) in [5.74, 6) is 2.30. The molecule has 2 atom stereocenters. The van der Waals surface area contributed by atoms with Gasteiger partial charge in [0.05, 0.1) is 7.11 Å². The van der Waals surface area contributed by atoms with E-state index < -0.39 is 0 Å². The molecule has 0 aliphatic heterocycles. The number of hydrogen-bond donors (Lipinski definition) is 0. The van der Waals surface area contributed by atoms with Crippen LogP contribution in [0.2, 0.25) is 0 Å². The molecule has 3 aliphatic carbocycles. The standard InChI is InChI=1S/C22H28O6/c1-22(2)16-11-17(22)18(23)10-15(16)7-6-14-8-19(26-5)21(28-13-25-4)20(9-14)27-12-24-3/h6-10,16-17H,11-13H2,1-5H3/b7-6+/t16-,17+/m0/s1. The SMILES string of the molecule is COCOc1cc(/C=C/C2=CC(=O)[C@H]3C[C@@H]2C3(C)C)cc(OC)c1OCOC. The normalized spacial score (nSPS) is 22.6. The van der Waals surface area contributed by atoms with Crippen LogP contribution in [0.15, 0.2) is 29.9 Å². The third-order valence-corrected chi connectivity index (χ3v) is 5.71. The van der Waals surface area contributed by atoms with Crippen LogP contribution in [0.1, 0.15) is 25.8 Å². The Morgan fingerprint density at radius 2 is 1.68 bits per heavy atom. The van der Waals surface area contributed by atoms with Gasteiger partial charge in [-0.25, -0.2) is 0 Å². The third kappa shape index (κ3) is 3.80. The molecule has 6 heteroatoms. The molecule has 6 nitrogen and oxygen atoms in total. The average Bonchev–Trinajstić information content (AvgIpc) is 2.68. The van der Waals surface area contributed by atoms with Gasteiger partial charge in [0.2, 0.25) is 5.75 Å². The van der Waals surface area contributed by atoms with Crippen molar-refractivity contribution in [2.75, 3.05) is 34.9 Å². The lowest BCUT2D eigenvalue weighted by atomic mass is 9.48. The molecule has 0 radical (unpaired) electrons. The highest BCUT2D eigenvalue weighted by Gasteiger charge is 2.54. The van der Waals surface area contributed by atoms with E-state index in [0.717, 1.165) is 17.6 Å². The number of ether oxygens (including phenoxy) is 5. The summed E-state index contributed by atoms with van der Waals surface area (Å²) in [6.07, 6.45) is 6.72. The van der Waals surface area contributed by atoms with Gasteiger partial charge in [-0.05, 0) is 47.1 Å². The summed E-state index contributed by atoms with van der Waals surface area (Å²) in [4.78, 5) is 12.3. The molecule has 0 heterocycles. The number of rotatable bonds is 9. The van der Waals surface area contributed by atoms with Gasteiger partial charge in [0.15, 0.2) is 30.9 Å². The van der Waals surface area contributed by atoms with Crippen LogP contribution >= 0.6 is 0 Å². The molecule has 4 rings (SSSR count). The molecule has 152 valence electrons. The van der Waals surface area contributed by atoms with Gasteiger partial charge in [0.1, 0.15) is 0 Å². The predicted molar refractivity (Wildman–Crippen MR) is 106 cm³/mol. The maximum absolute atomic E-state index is 12.3. The monoisotopic (exact) mass is 388 g/mol. The minimum absolute atomic E-state index is 0.0355. The second-order valence-corrected chi connectivity index (χ2v) is 7.69. The molecular formula is C22H28O6. The molecule has 1 aromatic rings. The quantitative estimate of drug-likeness (QED) is 0.599. The predicted octanol–water partition coefficient (Wildman–Crippen LogP) is 3.85. The van der Waals surface area contributed by atoms with Crippen molar-refractivity contribution < 1.29 is 28.5 Å². The molecule has 0 spiro atoms. The summed E-state index contributed by atoms with van der Waals surface area (Å²) in [5, 5.41) is 0. The highest BCUT2D eigenvalue weighted by Crippen LogP contribution is 2.58. The highest BCUT2D eigenvalue weighted by molar-refractivity contribution is 5.96. The fourth-order valence-corrected chi connectivity index (χ4v) is 4.03. The highest BCUT2D eigenvalue weighted by atomic mass is 16.7. The van der Waals surface area contributed by atoms with Crippen LogP contribution in [0.5, 0.6) is 17.2 Å². The third-order valence-electron chi connectivity index (χ3n) is 5.71. The van der Waals surface area contributed by atoms with Crippen LogP contribution in [0.3, 0.4) is 0 Å². The van der Waals surface area contributed by atoms with Crippen LogP contribution in [0.4, 0.5) is 0 Å². The first kappa shape index (κ1) is 20.4. The number of carbonyl (C=O) groups is 1. The lowest BCUT2D eigenvalue weighted by Crippen LogP contribution is -2.52. The van der Waals surface area contributed by atoms with Gasteiger partial charge in [-0.2, -0.15) is 0 Å². The Hall–Kier alpha value is -2.31. The lowest BCUT2D eigenvalue weighted by molar-refractivity contribution is -0.133. The molecular weight excluding hydrogens is 360 g/mol. The molecule has 0 saturated heterocycles. The molecule has 28 heavy (non-hydrogen) atoms. The Kier molecular flexibility index (Phi) is 6.10. The second kappa shape index (κ2) is 8.37.